The minimum absolute atomic E-state index is 0.0176. The lowest BCUT2D eigenvalue weighted by molar-refractivity contribution is 0.413. The number of anilines is 1. The fourth-order valence-corrected chi connectivity index (χ4v) is 1.73. The number of aromatic nitrogens is 2. The minimum Gasteiger partial charge on any atom is -0.496 e. The number of nitrogens with zero attached hydrogens (tertiary/aromatic N) is 2. The second kappa shape index (κ2) is 4.25. The fraction of sp³-hybridized carbons (Fsp3) is 0.182. The SMILES string of the molecule is COc1cc(F)c(Cl)cc1-c1cnn(C)c1N. The maximum Gasteiger partial charge on any atom is 0.145 e. The number of ether oxygens (including phenoxy) is 1. The first-order valence-electron chi connectivity index (χ1n) is 4.85. The van der Waals surface area contributed by atoms with E-state index >= 15 is 0 Å². The zero-order valence-corrected chi connectivity index (χ0v) is 10.1. The van der Waals surface area contributed by atoms with Gasteiger partial charge in [-0.25, -0.2) is 4.39 Å². The van der Waals surface area contributed by atoms with Gasteiger partial charge in [-0.05, 0) is 6.07 Å². The summed E-state index contributed by atoms with van der Waals surface area (Å²) in [5.41, 5.74) is 7.13. The van der Waals surface area contributed by atoms with Crippen molar-refractivity contribution in [1.29, 1.82) is 0 Å². The van der Waals surface area contributed by atoms with E-state index in [0.29, 0.717) is 22.7 Å². The maximum absolute atomic E-state index is 13.3. The molecule has 0 fully saturated rings. The predicted molar refractivity (Wildman–Crippen MR) is 64.6 cm³/mol. The molecule has 17 heavy (non-hydrogen) atoms. The van der Waals surface area contributed by atoms with Crippen LogP contribution >= 0.6 is 11.6 Å². The molecular formula is C11H11ClFN3O. The molecule has 2 rings (SSSR count). The van der Waals surface area contributed by atoms with Gasteiger partial charge in [0.2, 0.25) is 0 Å². The molecule has 4 nitrogen and oxygen atoms in total. The maximum atomic E-state index is 13.3. The Morgan fingerprint density at radius 1 is 1.41 bits per heavy atom. The van der Waals surface area contributed by atoms with Gasteiger partial charge >= 0.3 is 0 Å². The zero-order chi connectivity index (χ0) is 12.6. The molecule has 2 aromatic rings. The van der Waals surface area contributed by atoms with Crippen LogP contribution in [0.3, 0.4) is 0 Å². The third-order valence-corrected chi connectivity index (χ3v) is 2.81. The highest BCUT2D eigenvalue weighted by atomic mass is 35.5. The van der Waals surface area contributed by atoms with Crippen molar-refractivity contribution in [3.05, 3.63) is 29.2 Å². The first-order chi connectivity index (χ1) is 8.04. The Labute approximate surface area is 103 Å². The van der Waals surface area contributed by atoms with E-state index in [9.17, 15) is 4.39 Å². The van der Waals surface area contributed by atoms with Crippen LogP contribution in [0.15, 0.2) is 18.3 Å². The molecule has 1 heterocycles. The van der Waals surface area contributed by atoms with Crippen molar-refractivity contribution >= 4 is 17.4 Å². The summed E-state index contributed by atoms with van der Waals surface area (Å²) in [7, 11) is 3.18. The van der Waals surface area contributed by atoms with Crippen molar-refractivity contribution < 1.29 is 9.13 Å². The second-order valence-electron chi connectivity index (χ2n) is 3.53. The van der Waals surface area contributed by atoms with E-state index in [1.165, 1.54) is 23.9 Å². The molecule has 0 aliphatic heterocycles. The highest BCUT2D eigenvalue weighted by molar-refractivity contribution is 6.31. The Morgan fingerprint density at radius 3 is 2.65 bits per heavy atom. The lowest BCUT2D eigenvalue weighted by Gasteiger charge is -2.09. The number of rotatable bonds is 2. The second-order valence-corrected chi connectivity index (χ2v) is 3.94. The number of halogens is 2. The van der Waals surface area contributed by atoms with Crippen LogP contribution in [0.1, 0.15) is 0 Å². The van der Waals surface area contributed by atoms with Crippen LogP contribution < -0.4 is 10.5 Å². The predicted octanol–water partition coefficient (Wildman–Crippen LogP) is 2.47. The van der Waals surface area contributed by atoms with Crippen LogP contribution in [0, 0.1) is 5.82 Å². The van der Waals surface area contributed by atoms with E-state index < -0.39 is 5.82 Å². The molecule has 0 unspecified atom stereocenters. The summed E-state index contributed by atoms with van der Waals surface area (Å²) in [5, 5.41) is 4.04. The molecular weight excluding hydrogens is 245 g/mol. The van der Waals surface area contributed by atoms with E-state index in [2.05, 4.69) is 5.10 Å². The molecule has 0 amide bonds. The van der Waals surface area contributed by atoms with Crippen molar-refractivity contribution in [2.45, 2.75) is 0 Å². The summed E-state index contributed by atoms with van der Waals surface area (Å²) >= 11 is 5.75. The largest absolute Gasteiger partial charge is 0.496 e. The van der Waals surface area contributed by atoms with E-state index in [1.54, 1.807) is 13.2 Å². The molecule has 0 bridgehead atoms. The van der Waals surface area contributed by atoms with Crippen molar-refractivity contribution in [3.8, 4) is 16.9 Å². The highest BCUT2D eigenvalue weighted by Gasteiger charge is 2.15. The lowest BCUT2D eigenvalue weighted by Crippen LogP contribution is -1.99. The molecule has 0 aliphatic rings. The summed E-state index contributed by atoms with van der Waals surface area (Å²) in [4.78, 5) is 0. The van der Waals surface area contributed by atoms with Crippen LogP contribution in [-0.2, 0) is 7.05 Å². The fourth-order valence-electron chi connectivity index (χ4n) is 1.56. The Morgan fingerprint density at radius 2 is 2.12 bits per heavy atom. The number of hydrogen-bond acceptors (Lipinski definition) is 3. The normalized spacial score (nSPS) is 10.6. The van der Waals surface area contributed by atoms with Gasteiger partial charge in [0.1, 0.15) is 17.4 Å². The van der Waals surface area contributed by atoms with Gasteiger partial charge in [0, 0.05) is 24.2 Å². The number of benzene rings is 1. The average molecular weight is 256 g/mol. The number of methoxy groups -OCH3 is 1. The van der Waals surface area contributed by atoms with Crippen molar-refractivity contribution in [2.75, 3.05) is 12.8 Å². The highest BCUT2D eigenvalue weighted by Crippen LogP contribution is 2.36. The smallest absolute Gasteiger partial charge is 0.145 e. The van der Waals surface area contributed by atoms with Gasteiger partial charge in [0.05, 0.1) is 18.3 Å². The Kier molecular flexibility index (Phi) is 2.93. The van der Waals surface area contributed by atoms with Crippen molar-refractivity contribution in [1.82, 2.24) is 9.78 Å². The quantitative estimate of drug-likeness (QED) is 0.897. The Balaban J connectivity index is 2.66. The van der Waals surface area contributed by atoms with Crippen LogP contribution in [0.25, 0.3) is 11.1 Å². The van der Waals surface area contributed by atoms with E-state index in [0.717, 1.165) is 0 Å². The van der Waals surface area contributed by atoms with E-state index in [4.69, 9.17) is 22.1 Å². The van der Waals surface area contributed by atoms with Crippen LogP contribution in [0.5, 0.6) is 5.75 Å². The van der Waals surface area contributed by atoms with E-state index in [1.807, 2.05) is 0 Å². The molecule has 0 saturated heterocycles. The summed E-state index contributed by atoms with van der Waals surface area (Å²) in [6.07, 6.45) is 1.58. The number of hydrogen-bond donors (Lipinski definition) is 1. The van der Waals surface area contributed by atoms with Gasteiger partial charge in [-0.2, -0.15) is 5.10 Å². The molecule has 0 radical (unpaired) electrons. The third kappa shape index (κ3) is 1.93. The number of nitrogens with two attached hydrogens (primary N) is 1. The first kappa shape index (κ1) is 11.7. The summed E-state index contributed by atoms with van der Waals surface area (Å²) < 4.78 is 19.9. The Hall–Kier alpha value is -1.75. The molecule has 90 valence electrons. The van der Waals surface area contributed by atoms with E-state index in [-0.39, 0.29) is 5.02 Å². The molecule has 1 aromatic heterocycles. The first-order valence-corrected chi connectivity index (χ1v) is 5.23. The van der Waals surface area contributed by atoms with Crippen LogP contribution in [-0.4, -0.2) is 16.9 Å². The number of nitrogen functional groups attached to an aromatic ring is 1. The standard InChI is InChI=1S/C11H11ClFN3O/c1-16-11(14)7(5-15-16)6-3-8(12)9(13)4-10(6)17-2/h3-5H,14H2,1-2H3. The molecule has 6 heteroatoms. The van der Waals surface area contributed by atoms with Gasteiger partial charge in [-0.1, -0.05) is 11.6 Å². The van der Waals surface area contributed by atoms with Crippen molar-refractivity contribution in [3.63, 3.8) is 0 Å². The topological polar surface area (TPSA) is 53.1 Å². The summed E-state index contributed by atoms with van der Waals surface area (Å²) in [6.45, 7) is 0. The van der Waals surface area contributed by atoms with Gasteiger partial charge in [0.15, 0.2) is 0 Å². The monoisotopic (exact) mass is 255 g/mol. The van der Waals surface area contributed by atoms with Gasteiger partial charge in [-0.3, -0.25) is 4.68 Å². The minimum atomic E-state index is -0.533. The zero-order valence-electron chi connectivity index (χ0n) is 9.37. The van der Waals surface area contributed by atoms with Gasteiger partial charge in [0.25, 0.3) is 0 Å². The molecule has 0 aliphatic carbocycles. The lowest BCUT2D eigenvalue weighted by atomic mass is 10.1. The summed E-state index contributed by atoms with van der Waals surface area (Å²) in [5.74, 6) is 0.298. The molecule has 1 aromatic carbocycles. The summed E-state index contributed by atoms with van der Waals surface area (Å²) in [6, 6.07) is 2.70. The van der Waals surface area contributed by atoms with Gasteiger partial charge < -0.3 is 10.5 Å². The van der Waals surface area contributed by atoms with Crippen LogP contribution in [0.2, 0.25) is 5.02 Å². The third-order valence-electron chi connectivity index (χ3n) is 2.52. The Bertz CT molecular complexity index is 568. The molecule has 2 N–H and O–H groups in total. The number of aryl methyl sites for hydroxylation is 1. The molecule has 0 spiro atoms. The van der Waals surface area contributed by atoms with Crippen molar-refractivity contribution in [2.24, 2.45) is 7.05 Å². The molecule has 0 atom stereocenters. The van der Waals surface area contributed by atoms with Gasteiger partial charge in [-0.15, -0.1) is 0 Å². The average Bonchev–Trinajstić information content (AvgIpc) is 2.63. The molecule has 0 saturated carbocycles. The van der Waals surface area contributed by atoms with Crippen LogP contribution in [0.4, 0.5) is 10.2 Å².